The summed E-state index contributed by atoms with van der Waals surface area (Å²) in [6, 6.07) is 8.41. The maximum absolute atomic E-state index is 9.80. The van der Waals surface area contributed by atoms with Crippen molar-refractivity contribution in [2.45, 2.75) is 51.3 Å². The van der Waals surface area contributed by atoms with Gasteiger partial charge in [-0.05, 0) is 61.9 Å². The summed E-state index contributed by atoms with van der Waals surface area (Å²) < 4.78 is 5.49. The summed E-state index contributed by atoms with van der Waals surface area (Å²) in [4.78, 5) is 19.6. The van der Waals surface area contributed by atoms with E-state index in [0.29, 0.717) is 24.1 Å². The number of hydrogen-bond acceptors (Lipinski definition) is 7. The number of nitrogens with one attached hydrogen (secondary N) is 2. The monoisotopic (exact) mass is 446 g/mol. The number of hydrogen-bond donors (Lipinski definition) is 3. The van der Waals surface area contributed by atoms with Gasteiger partial charge < -0.3 is 25.0 Å². The Hall–Kier alpha value is -3.39. The molecule has 3 N–H and O–H groups in total. The van der Waals surface area contributed by atoms with Crippen LogP contribution in [-0.2, 0) is 6.54 Å². The molecule has 4 aromatic rings. The van der Waals surface area contributed by atoms with E-state index in [9.17, 15) is 5.11 Å². The smallest absolute Gasteiger partial charge is 0.182 e. The first-order chi connectivity index (χ1) is 16.0. The Labute approximate surface area is 193 Å². The third kappa shape index (κ3) is 4.18. The highest BCUT2D eigenvalue weighted by atomic mass is 16.5. The van der Waals surface area contributed by atoms with Gasteiger partial charge >= 0.3 is 0 Å². The second-order valence-corrected chi connectivity index (χ2v) is 8.84. The molecule has 0 radical (unpaired) electrons. The van der Waals surface area contributed by atoms with Crippen molar-refractivity contribution in [2.24, 2.45) is 0 Å². The van der Waals surface area contributed by atoms with E-state index in [1.165, 1.54) is 5.56 Å². The quantitative estimate of drug-likeness (QED) is 0.409. The van der Waals surface area contributed by atoms with Gasteiger partial charge in [-0.1, -0.05) is 6.07 Å². The molecule has 5 rings (SSSR count). The fourth-order valence-corrected chi connectivity index (χ4v) is 4.78. The average molecular weight is 447 g/mol. The number of benzene rings is 1. The number of H-pyrrole nitrogens is 1. The Morgan fingerprint density at radius 3 is 2.76 bits per heavy atom. The van der Waals surface area contributed by atoms with E-state index in [1.54, 1.807) is 13.3 Å². The van der Waals surface area contributed by atoms with Crippen LogP contribution in [0.4, 0.5) is 11.6 Å². The van der Waals surface area contributed by atoms with E-state index >= 15 is 0 Å². The Bertz CT molecular complexity index is 1280. The van der Waals surface area contributed by atoms with E-state index in [-0.39, 0.29) is 6.10 Å². The number of aliphatic hydroxyl groups excluding tert-OH is 1. The average Bonchev–Trinajstić information content (AvgIpc) is 3.24. The van der Waals surface area contributed by atoms with E-state index in [2.05, 4.69) is 40.2 Å². The molecule has 8 nitrogen and oxygen atoms in total. The van der Waals surface area contributed by atoms with Gasteiger partial charge in [0.2, 0.25) is 0 Å². The van der Waals surface area contributed by atoms with Crippen molar-refractivity contribution in [1.29, 1.82) is 0 Å². The van der Waals surface area contributed by atoms with Crippen molar-refractivity contribution in [1.82, 2.24) is 19.9 Å². The Morgan fingerprint density at radius 2 is 1.97 bits per heavy atom. The maximum Gasteiger partial charge on any atom is 0.182 e. The van der Waals surface area contributed by atoms with Crippen LogP contribution in [0.15, 0.2) is 36.7 Å². The van der Waals surface area contributed by atoms with Crippen LogP contribution in [0.1, 0.15) is 36.8 Å². The van der Waals surface area contributed by atoms with Crippen molar-refractivity contribution < 1.29 is 9.84 Å². The molecule has 1 aliphatic carbocycles. The lowest BCUT2D eigenvalue weighted by Gasteiger charge is -2.33. The van der Waals surface area contributed by atoms with Gasteiger partial charge in [0.1, 0.15) is 22.9 Å². The number of fused-ring (bicyclic) bond motifs is 2. The first-order valence-corrected chi connectivity index (χ1v) is 11.5. The van der Waals surface area contributed by atoms with Crippen molar-refractivity contribution in [3.63, 3.8) is 0 Å². The highest BCUT2D eigenvalue weighted by Gasteiger charge is 2.23. The molecule has 172 valence electrons. The minimum absolute atomic E-state index is 0.166. The highest BCUT2D eigenvalue weighted by Crippen LogP contribution is 2.31. The van der Waals surface area contributed by atoms with Crippen LogP contribution in [0.5, 0.6) is 5.75 Å². The zero-order valence-electron chi connectivity index (χ0n) is 19.3. The van der Waals surface area contributed by atoms with Crippen LogP contribution in [0.25, 0.3) is 22.1 Å². The van der Waals surface area contributed by atoms with Gasteiger partial charge in [0.05, 0.1) is 24.9 Å². The van der Waals surface area contributed by atoms with Crippen molar-refractivity contribution >= 4 is 33.7 Å². The number of methoxy groups -OCH3 is 1. The Balaban J connectivity index is 1.36. The van der Waals surface area contributed by atoms with Gasteiger partial charge in [0.25, 0.3) is 0 Å². The summed E-state index contributed by atoms with van der Waals surface area (Å²) >= 11 is 0. The third-order valence-corrected chi connectivity index (χ3v) is 6.73. The number of aliphatic hydroxyl groups is 1. The lowest BCUT2D eigenvalue weighted by Crippen LogP contribution is -2.36. The van der Waals surface area contributed by atoms with Crippen molar-refractivity contribution in [2.75, 3.05) is 24.4 Å². The number of aromatic amines is 1. The predicted octanol–water partition coefficient (Wildman–Crippen LogP) is 4.17. The minimum Gasteiger partial charge on any atom is -0.495 e. The Morgan fingerprint density at radius 1 is 1.15 bits per heavy atom. The molecule has 0 amide bonds. The van der Waals surface area contributed by atoms with E-state index in [0.717, 1.165) is 59.2 Å². The highest BCUT2D eigenvalue weighted by molar-refractivity contribution is 5.91. The molecule has 1 aromatic carbocycles. The van der Waals surface area contributed by atoms with Gasteiger partial charge in [-0.3, -0.25) is 0 Å². The van der Waals surface area contributed by atoms with Crippen molar-refractivity contribution in [3.05, 3.63) is 47.8 Å². The molecule has 0 unspecified atom stereocenters. The van der Waals surface area contributed by atoms with Gasteiger partial charge in [-0.15, -0.1) is 0 Å². The summed E-state index contributed by atoms with van der Waals surface area (Å²) in [5.74, 6) is 2.41. The summed E-state index contributed by atoms with van der Waals surface area (Å²) in [6.07, 6.45) is 7.22. The van der Waals surface area contributed by atoms with Crippen molar-refractivity contribution in [3.8, 4) is 5.75 Å². The molecule has 1 saturated carbocycles. The molecule has 1 aliphatic rings. The van der Waals surface area contributed by atoms with Gasteiger partial charge in [-0.25, -0.2) is 15.0 Å². The number of nitrogens with zero attached hydrogens (tertiary/aromatic N) is 4. The molecular weight excluding hydrogens is 416 g/mol. The van der Waals surface area contributed by atoms with Crippen LogP contribution < -0.4 is 15.0 Å². The number of aryl methyl sites for hydroxylation is 1. The van der Waals surface area contributed by atoms with Crippen LogP contribution in [0.3, 0.4) is 0 Å². The minimum atomic E-state index is -0.166. The molecular formula is C25H30N6O2. The zero-order valence-corrected chi connectivity index (χ0v) is 19.3. The zero-order chi connectivity index (χ0) is 22.9. The topological polar surface area (TPSA) is 99.2 Å². The van der Waals surface area contributed by atoms with Crippen LogP contribution in [0.2, 0.25) is 0 Å². The fraction of sp³-hybridized carbons (Fsp3) is 0.400. The molecule has 0 saturated heterocycles. The summed E-state index contributed by atoms with van der Waals surface area (Å²) in [7, 11) is 3.75. The van der Waals surface area contributed by atoms with Crippen LogP contribution in [0, 0.1) is 6.92 Å². The number of rotatable bonds is 6. The Kier molecular flexibility index (Phi) is 5.76. The first kappa shape index (κ1) is 21.5. The van der Waals surface area contributed by atoms with E-state index < -0.39 is 0 Å². The summed E-state index contributed by atoms with van der Waals surface area (Å²) in [5, 5.41) is 14.4. The molecule has 3 heterocycles. The number of ether oxygens (including phenoxy) is 1. The van der Waals surface area contributed by atoms with Crippen LogP contribution >= 0.6 is 0 Å². The molecule has 0 bridgehead atoms. The maximum atomic E-state index is 9.80. The summed E-state index contributed by atoms with van der Waals surface area (Å²) in [6.45, 7) is 2.70. The number of pyridine rings is 1. The largest absolute Gasteiger partial charge is 0.495 e. The molecule has 0 aliphatic heterocycles. The molecule has 3 aromatic heterocycles. The van der Waals surface area contributed by atoms with Crippen LogP contribution in [-0.4, -0.2) is 51.3 Å². The predicted molar refractivity (Wildman–Crippen MR) is 131 cm³/mol. The second kappa shape index (κ2) is 8.86. The molecule has 8 heteroatoms. The standard InChI is InChI=1S/C25H30N6O2/c1-15-12-28-24-20(33-3)10-4-16(23(15)24)13-27-21-14-26-19-9-11-22(30-25(19)29-21)31(2)17-5-7-18(32)8-6-17/h4,9-12,14,17-18,28,32H,5-8,13H2,1-3H3,(H,27,29,30)/t17-,18-. The lowest BCUT2D eigenvalue weighted by atomic mass is 9.92. The van der Waals surface area contributed by atoms with E-state index in [1.807, 2.05) is 24.4 Å². The third-order valence-electron chi connectivity index (χ3n) is 6.73. The van der Waals surface area contributed by atoms with Gasteiger partial charge in [0.15, 0.2) is 5.65 Å². The normalized spacial score (nSPS) is 18.5. The first-order valence-electron chi connectivity index (χ1n) is 11.5. The fourth-order valence-electron chi connectivity index (χ4n) is 4.78. The molecule has 33 heavy (non-hydrogen) atoms. The molecule has 1 fully saturated rings. The van der Waals surface area contributed by atoms with E-state index in [4.69, 9.17) is 14.7 Å². The molecule has 0 atom stereocenters. The number of anilines is 2. The molecule has 0 spiro atoms. The van der Waals surface area contributed by atoms with Gasteiger partial charge in [-0.2, -0.15) is 0 Å². The lowest BCUT2D eigenvalue weighted by molar-refractivity contribution is 0.122. The SMILES string of the molecule is COc1ccc(CNc2cnc3ccc(N(C)[C@H]4CC[C@H](O)CC4)nc3n2)c2c(C)c[nH]c12. The number of aromatic nitrogens is 4. The summed E-state index contributed by atoms with van der Waals surface area (Å²) in [5.41, 5.74) is 4.73. The van der Waals surface area contributed by atoms with Gasteiger partial charge in [0, 0.05) is 31.2 Å². The second-order valence-electron chi connectivity index (χ2n) is 8.84.